The van der Waals surface area contributed by atoms with E-state index in [0.717, 1.165) is 13.0 Å². The van der Waals surface area contributed by atoms with Crippen LogP contribution >= 0.6 is 11.6 Å². The highest BCUT2D eigenvalue weighted by Gasteiger charge is 2.11. The summed E-state index contributed by atoms with van der Waals surface area (Å²) >= 11 is 5.81. The summed E-state index contributed by atoms with van der Waals surface area (Å²) in [4.78, 5) is 13.2. The first-order valence-corrected chi connectivity index (χ1v) is 6.09. The molecule has 1 N–H and O–H groups in total. The number of carbonyl (C=O) groups is 1. The van der Waals surface area contributed by atoms with Gasteiger partial charge in [0, 0.05) is 18.8 Å². The fourth-order valence-electron chi connectivity index (χ4n) is 1.59. The first-order chi connectivity index (χ1) is 7.91. The molecule has 0 saturated heterocycles. The molecule has 0 spiro atoms. The van der Waals surface area contributed by atoms with Crippen LogP contribution in [0.25, 0.3) is 0 Å². The monoisotopic (exact) mass is 258 g/mol. The molecule has 0 atom stereocenters. The smallest absolute Gasteiger partial charge is 0.352 e. The summed E-state index contributed by atoms with van der Waals surface area (Å²) < 4.78 is 1.69. The maximum atomic E-state index is 11.0. The molecular weight excluding hydrogens is 240 g/mol. The van der Waals surface area contributed by atoms with E-state index in [9.17, 15) is 4.79 Å². The predicted octanol–water partition coefficient (Wildman–Crippen LogP) is 2.57. The van der Waals surface area contributed by atoms with Crippen LogP contribution in [-0.2, 0) is 6.54 Å². The molecule has 0 aliphatic carbocycles. The number of aromatic carboxylic acids is 1. The molecule has 1 rings (SSSR count). The van der Waals surface area contributed by atoms with E-state index in [1.54, 1.807) is 10.8 Å². The second-order valence-corrected chi connectivity index (χ2v) is 4.91. The van der Waals surface area contributed by atoms with Crippen LogP contribution in [0.2, 0.25) is 5.02 Å². The number of aryl methyl sites for hydroxylation is 1. The second kappa shape index (κ2) is 6.07. The number of carboxylic acid groups (broad SMARTS) is 1. The molecule has 17 heavy (non-hydrogen) atoms. The zero-order valence-corrected chi connectivity index (χ0v) is 11.2. The number of nitrogens with zero attached hydrogens (tertiary/aromatic N) is 2. The molecule has 1 aromatic rings. The Morgan fingerprint density at radius 2 is 2.24 bits per heavy atom. The molecule has 1 heterocycles. The Labute approximate surface area is 107 Å². The molecule has 1 aromatic heterocycles. The van der Waals surface area contributed by atoms with Crippen LogP contribution in [0.3, 0.4) is 0 Å². The van der Waals surface area contributed by atoms with E-state index in [1.807, 2.05) is 0 Å². The molecule has 0 amide bonds. The summed E-state index contributed by atoms with van der Waals surface area (Å²) in [5.74, 6) is -0.936. The molecule has 4 nitrogen and oxygen atoms in total. The summed E-state index contributed by atoms with van der Waals surface area (Å²) in [5.41, 5.74) is 0.252. The first-order valence-electron chi connectivity index (χ1n) is 5.71. The van der Waals surface area contributed by atoms with Crippen molar-refractivity contribution in [3.8, 4) is 0 Å². The van der Waals surface area contributed by atoms with E-state index in [-0.39, 0.29) is 5.69 Å². The van der Waals surface area contributed by atoms with Gasteiger partial charge in [0.2, 0.25) is 0 Å². The van der Waals surface area contributed by atoms with Crippen molar-refractivity contribution in [2.24, 2.45) is 0 Å². The van der Waals surface area contributed by atoms with Crippen molar-refractivity contribution in [3.63, 3.8) is 0 Å². The molecule has 0 unspecified atom stereocenters. The van der Waals surface area contributed by atoms with Gasteiger partial charge < -0.3 is 14.6 Å². The van der Waals surface area contributed by atoms with E-state index >= 15 is 0 Å². The standard InChI is InChI=1S/C12H19ClN2O2/c1-9(2)14(3)5-4-6-15-8-10(13)7-11(15)12(16)17/h7-9H,4-6H2,1-3H3,(H,16,17). The quantitative estimate of drug-likeness (QED) is 0.853. The average Bonchev–Trinajstić information content (AvgIpc) is 2.59. The SMILES string of the molecule is CC(C)N(C)CCCn1cc(Cl)cc1C(=O)O. The Morgan fingerprint density at radius 3 is 2.76 bits per heavy atom. The van der Waals surface area contributed by atoms with Gasteiger partial charge in [0.1, 0.15) is 5.69 Å². The van der Waals surface area contributed by atoms with E-state index in [1.165, 1.54) is 6.07 Å². The highest BCUT2D eigenvalue weighted by atomic mass is 35.5. The highest BCUT2D eigenvalue weighted by molar-refractivity contribution is 6.30. The molecule has 0 radical (unpaired) electrons. The van der Waals surface area contributed by atoms with Gasteiger partial charge in [-0.25, -0.2) is 4.79 Å². The van der Waals surface area contributed by atoms with E-state index in [0.29, 0.717) is 17.6 Å². The largest absolute Gasteiger partial charge is 0.477 e. The molecule has 0 aliphatic heterocycles. The van der Waals surface area contributed by atoms with Crippen molar-refractivity contribution >= 4 is 17.6 Å². The molecule has 96 valence electrons. The number of halogens is 1. The predicted molar refractivity (Wildman–Crippen MR) is 68.8 cm³/mol. The lowest BCUT2D eigenvalue weighted by Gasteiger charge is -2.20. The van der Waals surface area contributed by atoms with Crippen LogP contribution in [-0.4, -0.2) is 40.2 Å². The maximum Gasteiger partial charge on any atom is 0.352 e. The summed E-state index contributed by atoms with van der Waals surface area (Å²) in [5, 5.41) is 9.46. The molecular formula is C12H19ClN2O2. The minimum absolute atomic E-state index is 0.252. The number of hydrogen-bond acceptors (Lipinski definition) is 2. The van der Waals surface area contributed by atoms with Crippen molar-refractivity contribution in [1.82, 2.24) is 9.47 Å². The zero-order valence-electron chi connectivity index (χ0n) is 10.5. The third-order valence-electron chi connectivity index (χ3n) is 2.87. The van der Waals surface area contributed by atoms with Gasteiger partial charge >= 0.3 is 5.97 Å². The minimum Gasteiger partial charge on any atom is -0.477 e. The average molecular weight is 259 g/mol. The van der Waals surface area contributed by atoms with Crippen molar-refractivity contribution in [2.45, 2.75) is 32.9 Å². The van der Waals surface area contributed by atoms with Gasteiger partial charge in [0.15, 0.2) is 0 Å². The molecule has 0 aromatic carbocycles. The van der Waals surface area contributed by atoms with Gasteiger partial charge in [-0.15, -0.1) is 0 Å². The van der Waals surface area contributed by atoms with Crippen molar-refractivity contribution in [2.75, 3.05) is 13.6 Å². The van der Waals surface area contributed by atoms with Crippen LogP contribution in [0.15, 0.2) is 12.3 Å². The fourth-order valence-corrected chi connectivity index (χ4v) is 1.81. The number of hydrogen-bond donors (Lipinski definition) is 1. The van der Waals surface area contributed by atoms with Crippen LogP contribution < -0.4 is 0 Å². The summed E-state index contributed by atoms with van der Waals surface area (Å²) in [6.45, 7) is 5.88. The molecule has 0 aliphatic rings. The van der Waals surface area contributed by atoms with Crippen LogP contribution in [0.5, 0.6) is 0 Å². The van der Waals surface area contributed by atoms with Gasteiger partial charge in [-0.3, -0.25) is 0 Å². The van der Waals surface area contributed by atoms with Gasteiger partial charge in [-0.2, -0.15) is 0 Å². The number of carboxylic acids is 1. The van der Waals surface area contributed by atoms with Gasteiger partial charge in [0.25, 0.3) is 0 Å². The summed E-state index contributed by atoms with van der Waals surface area (Å²) in [7, 11) is 2.06. The Bertz CT molecular complexity index is 388. The van der Waals surface area contributed by atoms with Crippen LogP contribution in [0.1, 0.15) is 30.8 Å². The zero-order chi connectivity index (χ0) is 13.0. The lowest BCUT2D eigenvalue weighted by Crippen LogP contribution is -2.28. The number of rotatable bonds is 6. The second-order valence-electron chi connectivity index (χ2n) is 4.47. The maximum absolute atomic E-state index is 11.0. The topological polar surface area (TPSA) is 45.5 Å². The number of aromatic nitrogens is 1. The van der Waals surface area contributed by atoms with E-state index in [4.69, 9.17) is 16.7 Å². The lowest BCUT2D eigenvalue weighted by atomic mass is 10.3. The Balaban J connectivity index is 2.54. The highest BCUT2D eigenvalue weighted by Crippen LogP contribution is 2.14. The van der Waals surface area contributed by atoms with Crippen molar-refractivity contribution in [3.05, 3.63) is 23.0 Å². The Morgan fingerprint density at radius 1 is 1.59 bits per heavy atom. The van der Waals surface area contributed by atoms with Crippen molar-refractivity contribution in [1.29, 1.82) is 0 Å². The third kappa shape index (κ3) is 4.06. The molecule has 0 fully saturated rings. The van der Waals surface area contributed by atoms with Gasteiger partial charge in [-0.05, 0) is 39.9 Å². The summed E-state index contributed by atoms with van der Waals surface area (Å²) in [6.07, 6.45) is 2.57. The van der Waals surface area contributed by atoms with Gasteiger partial charge in [-0.1, -0.05) is 11.6 Å². The van der Waals surface area contributed by atoms with E-state index < -0.39 is 5.97 Å². The minimum atomic E-state index is -0.936. The fraction of sp³-hybridized carbons (Fsp3) is 0.583. The normalized spacial score (nSPS) is 11.4. The Hall–Kier alpha value is -1.00. The Kier molecular flexibility index (Phi) is 5.02. The molecule has 0 saturated carbocycles. The third-order valence-corrected chi connectivity index (χ3v) is 3.08. The van der Waals surface area contributed by atoms with Crippen LogP contribution in [0, 0.1) is 0 Å². The first kappa shape index (κ1) is 14.1. The summed E-state index contributed by atoms with van der Waals surface area (Å²) in [6, 6.07) is 1.98. The van der Waals surface area contributed by atoms with Crippen LogP contribution in [0.4, 0.5) is 0 Å². The van der Waals surface area contributed by atoms with Crippen molar-refractivity contribution < 1.29 is 9.90 Å². The lowest BCUT2D eigenvalue weighted by molar-refractivity contribution is 0.0684. The molecule has 0 bridgehead atoms. The van der Waals surface area contributed by atoms with E-state index in [2.05, 4.69) is 25.8 Å². The van der Waals surface area contributed by atoms with Gasteiger partial charge in [0.05, 0.1) is 5.02 Å². The molecule has 5 heteroatoms.